The zero-order chi connectivity index (χ0) is 11.8. The summed E-state index contributed by atoms with van der Waals surface area (Å²) in [6, 6.07) is 7.42. The highest BCUT2D eigenvalue weighted by Crippen LogP contribution is 2.31. The number of fused-ring (bicyclic) bond motifs is 1. The molecule has 1 aromatic heterocycles. The summed E-state index contributed by atoms with van der Waals surface area (Å²) in [5, 5.41) is 13.8. The number of phenols is 1. The molecule has 0 radical (unpaired) electrons. The van der Waals surface area contributed by atoms with Crippen LogP contribution in [0.1, 0.15) is 30.3 Å². The average molecular weight is 230 g/mol. The second-order valence-electron chi connectivity index (χ2n) is 4.33. The first-order valence-electron chi connectivity index (χ1n) is 5.74. The lowest BCUT2D eigenvalue weighted by Crippen LogP contribution is -2.20. The summed E-state index contributed by atoms with van der Waals surface area (Å²) in [5.41, 5.74) is 6.69. The quantitative estimate of drug-likeness (QED) is 0.778. The fourth-order valence-corrected chi connectivity index (χ4v) is 2.41. The maximum Gasteiger partial charge on any atom is 0.239 e. The van der Waals surface area contributed by atoms with E-state index >= 15 is 0 Å². The van der Waals surface area contributed by atoms with Gasteiger partial charge in [-0.1, -0.05) is 12.1 Å². The van der Waals surface area contributed by atoms with Gasteiger partial charge in [0.25, 0.3) is 0 Å². The molecule has 88 valence electrons. The van der Waals surface area contributed by atoms with Gasteiger partial charge < -0.3 is 10.8 Å². The molecule has 0 saturated carbocycles. The van der Waals surface area contributed by atoms with E-state index in [1.165, 1.54) is 0 Å². The summed E-state index contributed by atoms with van der Waals surface area (Å²) < 4.78 is 1.88. The number of aromatic hydroxyl groups is 1. The van der Waals surface area contributed by atoms with E-state index in [4.69, 9.17) is 5.73 Å². The van der Waals surface area contributed by atoms with E-state index in [-0.39, 0.29) is 11.8 Å². The molecule has 0 bridgehead atoms. The first-order valence-corrected chi connectivity index (χ1v) is 5.74. The fourth-order valence-electron chi connectivity index (χ4n) is 2.41. The van der Waals surface area contributed by atoms with Gasteiger partial charge in [-0.15, -0.1) is 5.10 Å². The van der Waals surface area contributed by atoms with E-state index in [0.29, 0.717) is 5.95 Å². The van der Waals surface area contributed by atoms with Gasteiger partial charge >= 0.3 is 0 Å². The highest BCUT2D eigenvalue weighted by Gasteiger charge is 2.24. The highest BCUT2D eigenvalue weighted by atomic mass is 16.3. The van der Waals surface area contributed by atoms with Crippen molar-refractivity contribution in [3.63, 3.8) is 0 Å². The van der Waals surface area contributed by atoms with E-state index in [9.17, 15) is 5.11 Å². The Kier molecular flexibility index (Phi) is 2.24. The number of anilines is 1. The third-order valence-electron chi connectivity index (χ3n) is 3.15. The number of aromatic nitrogens is 3. The zero-order valence-electron chi connectivity index (χ0n) is 9.37. The minimum absolute atomic E-state index is 0.135. The van der Waals surface area contributed by atoms with E-state index in [1.807, 2.05) is 16.8 Å². The van der Waals surface area contributed by atoms with Gasteiger partial charge in [-0.3, -0.25) is 0 Å². The van der Waals surface area contributed by atoms with Crippen LogP contribution in [0.25, 0.3) is 0 Å². The molecule has 1 aromatic carbocycles. The van der Waals surface area contributed by atoms with Crippen LogP contribution in [0.15, 0.2) is 24.3 Å². The molecular weight excluding hydrogens is 216 g/mol. The standard InChI is InChI=1S/C12H14N4O/c13-12-14-11-6-2-5-10(16(11)15-12)8-3-1-4-9(17)7-8/h1,3-4,7,10,17H,2,5-6H2,(H2,13,15). The molecule has 0 saturated heterocycles. The second-order valence-corrected chi connectivity index (χ2v) is 4.33. The molecule has 1 unspecified atom stereocenters. The smallest absolute Gasteiger partial charge is 0.239 e. The van der Waals surface area contributed by atoms with Crippen molar-refractivity contribution in [1.29, 1.82) is 0 Å². The second kappa shape index (κ2) is 3.76. The molecule has 0 fully saturated rings. The number of phenolic OH excluding ortho intramolecular Hbond substituents is 1. The SMILES string of the molecule is Nc1nc2n(n1)C(c1cccc(O)c1)CCC2. The van der Waals surface area contributed by atoms with Gasteiger partial charge in [0, 0.05) is 6.42 Å². The summed E-state index contributed by atoms with van der Waals surface area (Å²) in [6.07, 6.45) is 2.98. The van der Waals surface area contributed by atoms with E-state index in [0.717, 1.165) is 30.7 Å². The van der Waals surface area contributed by atoms with Crippen molar-refractivity contribution in [1.82, 2.24) is 14.8 Å². The van der Waals surface area contributed by atoms with Gasteiger partial charge in [0.1, 0.15) is 11.6 Å². The molecule has 2 aromatic rings. The predicted octanol–water partition coefficient (Wildman–Crippen LogP) is 1.49. The van der Waals surface area contributed by atoms with Gasteiger partial charge in [-0.25, -0.2) is 4.68 Å². The lowest BCUT2D eigenvalue weighted by atomic mass is 9.98. The summed E-state index contributed by atoms with van der Waals surface area (Å²) in [4.78, 5) is 4.22. The summed E-state index contributed by atoms with van der Waals surface area (Å²) >= 11 is 0. The fraction of sp³-hybridized carbons (Fsp3) is 0.333. The van der Waals surface area contributed by atoms with Gasteiger partial charge in [0.2, 0.25) is 5.95 Å². The van der Waals surface area contributed by atoms with Crippen molar-refractivity contribution in [2.75, 3.05) is 5.73 Å². The number of nitrogen functional groups attached to an aromatic ring is 1. The average Bonchev–Trinajstić information content (AvgIpc) is 2.68. The molecule has 5 heteroatoms. The number of benzene rings is 1. The zero-order valence-corrected chi connectivity index (χ0v) is 9.37. The Morgan fingerprint density at radius 3 is 3.12 bits per heavy atom. The van der Waals surface area contributed by atoms with Crippen molar-refractivity contribution in [2.24, 2.45) is 0 Å². The summed E-state index contributed by atoms with van der Waals surface area (Å²) in [6.45, 7) is 0. The number of nitrogens with zero attached hydrogens (tertiary/aromatic N) is 3. The Balaban J connectivity index is 2.05. The third-order valence-corrected chi connectivity index (χ3v) is 3.15. The van der Waals surface area contributed by atoms with Gasteiger partial charge in [0.05, 0.1) is 6.04 Å². The van der Waals surface area contributed by atoms with Crippen LogP contribution in [0.3, 0.4) is 0 Å². The van der Waals surface area contributed by atoms with Crippen LogP contribution in [0, 0.1) is 0 Å². The van der Waals surface area contributed by atoms with Crippen molar-refractivity contribution in [3.8, 4) is 5.75 Å². The molecule has 3 rings (SSSR count). The van der Waals surface area contributed by atoms with Gasteiger partial charge in [-0.2, -0.15) is 4.98 Å². The van der Waals surface area contributed by atoms with E-state index in [2.05, 4.69) is 10.1 Å². The molecule has 1 aliphatic heterocycles. The van der Waals surface area contributed by atoms with Crippen LogP contribution >= 0.6 is 0 Å². The van der Waals surface area contributed by atoms with Crippen LogP contribution in [-0.4, -0.2) is 19.9 Å². The van der Waals surface area contributed by atoms with Crippen LogP contribution in [0.5, 0.6) is 5.75 Å². The van der Waals surface area contributed by atoms with Gasteiger partial charge in [0.15, 0.2) is 0 Å². The molecule has 17 heavy (non-hydrogen) atoms. The Hall–Kier alpha value is -2.04. The number of nitrogens with two attached hydrogens (primary N) is 1. The maximum atomic E-state index is 9.53. The van der Waals surface area contributed by atoms with Crippen molar-refractivity contribution in [2.45, 2.75) is 25.3 Å². The van der Waals surface area contributed by atoms with Gasteiger partial charge in [-0.05, 0) is 30.5 Å². The lowest BCUT2D eigenvalue weighted by molar-refractivity contribution is 0.409. The molecule has 1 aliphatic rings. The maximum absolute atomic E-state index is 9.53. The van der Waals surface area contributed by atoms with Crippen LogP contribution in [0.4, 0.5) is 5.95 Å². The first-order chi connectivity index (χ1) is 8.24. The molecule has 0 amide bonds. The Morgan fingerprint density at radius 2 is 2.29 bits per heavy atom. The molecule has 1 atom stereocenters. The minimum atomic E-state index is 0.135. The summed E-state index contributed by atoms with van der Waals surface area (Å²) in [5.74, 6) is 1.54. The minimum Gasteiger partial charge on any atom is -0.508 e. The molecule has 0 spiro atoms. The predicted molar refractivity (Wildman–Crippen MR) is 63.6 cm³/mol. The third kappa shape index (κ3) is 1.73. The molecule has 5 nitrogen and oxygen atoms in total. The number of hydrogen-bond donors (Lipinski definition) is 2. The van der Waals surface area contributed by atoms with E-state index in [1.54, 1.807) is 12.1 Å². The summed E-state index contributed by atoms with van der Waals surface area (Å²) in [7, 11) is 0. The largest absolute Gasteiger partial charge is 0.508 e. The van der Waals surface area contributed by atoms with Crippen molar-refractivity contribution >= 4 is 5.95 Å². The Morgan fingerprint density at radius 1 is 1.41 bits per heavy atom. The van der Waals surface area contributed by atoms with E-state index < -0.39 is 0 Å². The molecule has 3 N–H and O–H groups in total. The highest BCUT2D eigenvalue weighted by molar-refractivity contribution is 5.31. The first kappa shape index (κ1) is 10.1. The topological polar surface area (TPSA) is 77.0 Å². The number of aryl methyl sites for hydroxylation is 1. The van der Waals surface area contributed by atoms with Crippen molar-refractivity contribution < 1.29 is 5.11 Å². The Labute approximate surface area is 98.9 Å². The molecule has 0 aliphatic carbocycles. The number of hydrogen-bond acceptors (Lipinski definition) is 4. The van der Waals surface area contributed by atoms with Crippen LogP contribution in [0.2, 0.25) is 0 Å². The normalized spacial score (nSPS) is 18.9. The van der Waals surface area contributed by atoms with Crippen LogP contribution < -0.4 is 5.73 Å². The molecule has 2 heterocycles. The Bertz CT molecular complexity index is 549. The molecular formula is C12H14N4O. The van der Waals surface area contributed by atoms with Crippen molar-refractivity contribution in [3.05, 3.63) is 35.7 Å². The lowest BCUT2D eigenvalue weighted by Gasteiger charge is -2.23. The van der Waals surface area contributed by atoms with Crippen LogP contribution in [-0.2, 0) is 6.42 Å². The number of rotatable bonds is 1. The monoisotopic (exact) mass is 230 g/mol.